The van der Waals surface area contributed by atoms with Gasteiger partial charge in [0.2, 0.25) is 0 Å². The first-order valence-electron chi connectivity index (χ1n) is 4.91. The third-order valence-corrected chi connectivity index (χ3v) is 2.47. The molecule has 0 amide bonds. The summed E-state index contributed by atoms with van der Waals surface area (Å²) in [6, 6.07) is 0. The molecule has 1 aliphatic rings. The number of hydrogen-bond donors (Lipinski definition) is 0. The Balaban J connectivity index is 2.20. The molecule has 0 unspecified atom stereocenters. The number of nitrogens with zero attached hydrogens (tertiary/aromatic N) is 1. The van der Waals surface area contributed by atoms with Gasteiger partial charge in [0.1, 0.15) is 5.78 Å². The molecule has 0 aromatic heterocycles. The molecule has 1 fully saturated rings. The fourth-order valence-electron chi connectivity index (χ4n) is 1.72. The number of hydrogen-bond acceptors (Lipinski definition) is 2. The number of carbonyl (C=O) groups is 1. The highest BCUT2D eigenvalue weighted by molar-refractivity contribution is 5.84. The van der Waals surface area contributed by atoms with Crippen molar-refractivity contribution in [1.82, 2.24) is 4.90 Å². The predicted octanol–water partition coefficient (Wildman–Crippen LogP) is 1.55. The van der Waals surface area contributed by atoms with Crippen LogP contribution in [0, 0.1) is 11.8 Å². The Morgan fingerprint density at radius 1 is 1.50 bits per heavy atom. The van der Waals surface area contributed by atoms with Crippen LogP contribution >= 0.6 is 0 Å². The highest BCUT2D eigenvalue weighted by atomic mass is 16.1. The van der Waals surface area contributed by atoms with Gasteiger partial charge in [-0.3, -0.25) is 4.79 Å². The van der Waals surface area contributed by atoms with Crippen LogP contribution in [0.2, 0.25) is 0 Å². The van der Waals surface area contributed by atoms with Crippen LogP contribution in [0.25, 0.3) is 0 Å². The zero-order valence-corrected chi connectivity index (χ0v) is 8.34. The van der Waals surface area contributed by atoms with E-state index in [9.17, 15) is 4.79 Å². The lowest BCUT2D eigenvalue weighted by Gasteiger charge is -2.38. The molecule has 0 aliphatic carbocycles. The van der Waals surface area contributed by atoms with Crippen molar-refractivity contribution in [3.8, 4) is 0 Å². The summed E-state index contributed by atoms with van der Waals surface area (Å²) >= 11 is 0. The maximum atomic E-state index is 11.4. The third kappa shape index (κ3) is 2.07. The van der Waals surface area contributed by atoms with Crippen molar-refractivity contribution in [3.05, 3.63) is 0 Å². The summed E-state index contributed by atoms with van der Waals surface area (Å²) in [4.78, 5) is 13.8. The van der Waals surface area contributed by atoms with E-state index < -0.39 is 0 Å². The molecule has 12 heavy (non-hydrogen) atoms. The Labute approximate surface area is 74.9 Å². The molecule has 0 N–H and O–H groups in total. The van der Waals surface area contributed by atoms with E-state index >= 15 is 0 Å². The first-order valence-corrected chi connectivity index (χ1v) is 4.91. The van der Waals surface area contributed by atoms with Crippen LogP contribution in [0.15, 0.2) is 0 Å². The quantitative estimate of drug-likeness (QED) is 0.636. The molecule has 0 bridgehead atoms. The van der Waals surface area contributed by atoms with Gasteiger partial charge in [0.05, 0.1) is 0 Å². The lowest BCUT2D eigenvalue weighted by atomic mass is 9.89. The van der Waals surface area contributed by atoms with Gasteiger partial charge < -0.3 is 4.90 Å². The minimum absolute atomic E-state index is 0.221. The zero-order valence-electron chi connectivity index (χ0n) is 8.34. The Kier molecular flexibility index (Phi) is 3.27. The first kappa shape index (κ1) is 9.72. The summed E-state index contributed by atoms with van der Waals surface area (Å²) in [5.41, 5.74) is 0. The van der Waals surface area contributed by atoms with Gasteiger partial charge in [-0.2, -0.15) is 0 Å². The third-order valence-electron chi connectivity index (χ3n) is 2.47. The van der Waals surface area contributed by atoms with E-state index in [0.717, 1.165) is 19.6 Å². The Morgan fingerprint density at radius 3 is 2.50 bits per heavy atom. The summed E-state index contributed by atoms with van der Waals surface area (Å²) in [5, 5.41) is 0. The first-order chi connectivity index (χ1) is 5.65. The van der Waals surface area contributed by atoms with Gasteiger partial charge in [0.25, 0.3) is 0 Å². The molecule has 0 aromatic carbocycles. The summed E-state index contributed by atoms with van der Waals surface area (Å²) in [5.74, 6) is 1.01. The molecule has 0 aromatic rings. The number of rotatable bonds is 4. The van der Waals surface area contributed by atoms with Gasteiger partial charge in [-0.1, -0.05) is 20.8 Å². The van der Waals surface area contributed by atoms with Crippen molar-refractivity contribution in [2.75, 3.05) is 19.6 Å². The summed E-state index contributed by atoms with van der Waals surface area (Å²) in [7, 11) is 0. The zero-order chi connectivity index (χ0) is 9.14. The molecule has 2 nitrogen and oxygen atoms in total. The SMILES string of the molecule is CCCN1CC(C(=O)C(C)C)C1. The average molecular weight is 169 g/mol. The van der Waals surface area contributed by atoms with Crippen LogP contribution in [0.1, 0.15) is 27.2 Å². The van der Waals surface area contributed by atoms with Gasteiger partial charge in [0, 0.05) is 24.9 Å². The molecule has 1 heterocycles. The minimum atomic E-state index is 0.221. The molecule has 0 spiro atoms. The van der Waals surface area contributed by atoms with Gasteiger partial charge in [-0.25, -0.2) is 0 Å². The molecule has 2 heteroatoms. The largest absolute Gasteiger partial charge is 0.302 e. The molecule has 1 saturated heterocycles. The van der Waals surface area contributed by atoms with Crippen molar-refractivity contribution in [1.29, 1.82) is 0 Å². The standard InChI is InChI=1S/C10H19NO/c1-4-5-11-6-9(7-11)10(12)8(2)3/h8-9H,4-7H2,1-3H3. The van der Waals surface area contributed by atoms with E-state index in [-0.39, 0.29) is 5.92 Å². The maximum absolute atomic E-state index is 11.4. The average Bonchev–Trinajstić information content (AvgIpc) is 1.94. The molecule has 1 rings (SSSR count). The van der Waals surface area contributed by atoms with Gasteiger partial charge >= 0.3 is 0 Å². The predicted molar refractivity (Wildman–Crippen MR) is 50.1 cm³/mol. The van der Waals surface area contributed by atoms with Crippen molar-refractivity contribution < 1.29 is 4.79 Å². The lowest BCUT2D eigenvalue weighted by molar-refractivity contribution is -0.131. The number of likely N-dealkylation sites (tertiary alicyclic amines) is 1. The minimum Gasteiger partial charge on any atom is -0.302 e. The van der Waals surface area contributed by atoms with E-state index in [2.05, 4.69) is 11.8 Å². The van der Waals surface area contributed by atoms with E-state index in [1.807, 2.05) is 13.8 Å². The van der Waals surface area contributed by atoms with Crippen molar-refractivity contribution in [2.24, 2.45) is 11.8 Å². The second-order valence-corrected chi connectivity index (χ2v) is 4.01. The lowest BCUT2D eigenvalue weighted by Crippen LogP contribution is -2.51. The van der Waals surface area contributed by atoms with Crippen molar-refractivity contribution in [2.45, 2.75) is 27.2 Å². The summed E-state index contributed by atoms with van der Waals surface area (Å²) < 4.78 is 0. The van der Waals surface area contributed by atoms with Crippen LogP contribution in [0.3, 0.4) is 0 Å². The number of ketones is 1. The van der Waals surface area contributed by atoms with Gasteiger partial charge in [0.15, 0.2) is 0 Å². The molecule has 0 radical (unpaired) electrons. The van der Waals surface area contributed by atoms with E-state index in [1.165, 1.54) is 6.42 Å². The smallest absolute Gasteiger partial charge is 0.141 e. The fraction of sp³-hybridized carbons (Fsp3) is 0.900. The van der Waals surface area contributed by atoms with E-state index in [4.69, 9.17) is 0 Å². The molecular formula is C10H19NO. The van der Waals surface area contributed by atoms with Crippen LogP contribution in [-0.4, -0.2) is 30.3 Å². The second-order valence-electron chi connectivity index (χ2n) is 4.01. The van der Waals surface area contributed by atoms with Crippen LogP contribution < -0.4 is 0 Å². The molecule has 1 aliphatic heterocycles. The normalized spacial score (nSPS) is 19.7. The van der Waals surface area contributed by atoms with Crippen LogP contribution in [0.4, 0.5) is 0 Å². The van der Waals surface area contributed by atoms with Gasteiger partial charge in [-0.15, -0.1) is 0 Å². The Bertz CT molecular complexity index is 159. The van der Waals surface area contributed by atoms with E-state index in [0.29, 0.717) is 11.7 Å². The summed E-state index contributed by atoms with van der Waals surface area (Å²) in [6.45, 7) is 9.32. The maximum Gasteiger partial charge on any atom is 0.141 e. The van der Waals surface area contributed by atoms with E-state index in [1.54, 1.807) is 0 Å². The van der Waals surface area contributed by atoms with Crippen LogP contribution in [0.5, 0.6) is 0 Å². The number of carbonyl (C=O) groups excluding carboxylic acids is 1. The summed E-state index contributed by atoms with van der Waals surface area (Å²) in [6.07, 6.45) is 1.20. The molecule has 0 atom stereocenters. The van der Waals surface area contributed by atoms with Gasteiger partial charge in [-0.05, 0) is 13.0 Å². The highest BCUT2D eigenvalue weighted by Gasteiger charge is 2.32. The topological polar surface area (TPSA) is 20.3 Å². The molecule has 0 saturated carbocycles. The number of Topliss-reactive ketones (excluding diaryl/α,β-unsaturated/α-hetero) is 1. The Hall–Kier alpha value is -0.370. The second kappa shape index (κ2) is 4.04. The molecule has 70 valence electrons. The fourth-order valence-corrected chi connectivity index (χ4v) is 1.72. The van der Waals surface area contributed by atoms with Crippen LogP contribution in [-0.2, 0) is 4.79 Å². The van der Waals surface area contributed by atoms with Crippen molar-refractivity contribution in [3.63, 3.8) is 0 Å². The Morgan fingerprint density at radius 2 is 2.08 bits per heavy atom. The monoisotopic (exact) mass is 169 g/mol. The highest BCUT2D eigenvalue weighted by Crippen LogP contribution is 2.19. The van der Waals surface area contributed by atoms with Crippen molar-refractivity contribution >= 4 is 5.78 Å². The molecular weight excluding hydrogens is 150 g/mol.